The number of halogens is 4. The minimum Gasteiger partial charge on any atom is -0.391 e. The van der Waals surface area contributed by atoms with Crippen LogP contribution in [-0.4, -0.2) is 66.3 Å². The summed E-state index contributed by atoms with van der Waals surface area (Å²) in [5.74, 6) is -2.13. The number of amides is 2. The van der Waals surface area contributed by atoms with Crippen molar-refractivity contribution in [2.24, 2.45) is 0 Å². The number of sulfone groups is 1. The van der Waals surface area contributed by atoms with Gasteiger partial charge in [-0.1, -0.05) is 11.6 Å². The monoisotopic (exact) mass is 534 g/mol. The number of hydrogen-bond acceptors (Lipinski definition) is 6. The lowest BCUT2D eigenvalue weighted by molar-refractivity contribution is -0.242. The minimum atomic E-state index is -5.24. The zero-order valence-electron chi connectivity index (χ0n) is 18.3. The molecule has 3 N–H and O–H groups in total. The zero-order chi connectivity index (χ0) is 26.2. The highest BCUT2D eigenvalue weighted by Crippen LogP contribution is 2.33. The Hall–Kier alpha value is -2.67. The number of carbonyl (C=O) groups is 2. The Balaban J connectivity index is 1.79. The molecule has 1 heterocycles. The van der Waals surface area contributed by atoms with Gasteiger partial charge in [0.15, 0.2) is 0 Å². The van der Waals surface area contributed by atoms with Crippen molar-refractivity contribution in [3.8, 4) is 0 Å². The van der Waals surface area contributed by atoms with E-state index in [4.69, 9.17) is 11.6 Å². The number of nitrogens with zero attached hydrogens (tertiary/aromatic N) is 1. The number of hydrogen-bond donors (Lipinski definition) is 3. The summed E-state index contributed by atoms with van der Waals surface area (Å²) < 4.78 is 64.5. The normalized spacial score (nSPS) is 18.6. The van der Waals surface area contributed by atoms with Crippen LogP contribution in [0.4, 0.5) is 18.9 Å². The third kappa shape index (κ3) is 5.61. The second kappa shape index (κ2) is 9.76. The maximum Gasteiger partial charge on any atom is 0.426 e. The molecule has 0 bridgehead atoms. The van der Waals surface area contributed by atoms with Gasteiger partial charge >= 0.3 is 6.18 Å². The van der Waals surface area contributed by atoms with Crippen LogP contribution in [0.2, 0.25) is 5.02 Å². The molecule has 0 aliphatic carbocycles. The summed E-state index contributed by atoms with van der Waals surface area (Å²) in [4.78, 5) is 25.5. The predicted octanol–water partition coefficient (Wildman–Crippen LogP) is 3.02. The van der Waals surface area contributed by atoms with Crippen LogP contribution in [0.3, 0.4) is 0 Å². The number of aliphatic hydroxyl groups excluding tert-OH is 1. The Bertz CT molecular complexity index is 1230. The van der Waals surface area contributed by atoms with E-state index >= 15 is 0 Å². The highest BCUT2D eigenvalue weighted by molar-refractivity contribution is 7.91. The first-order valence-corrected chi connectivity index (χ1v) is 12.2. The fraction of sp³-hybridized carbons (Fsp3) is 0.364. The van der Waals surface area contributed by atoms with Gasteiger partial charge < -0.3 is 20.4 Å². The Labute approximate surface area is 204 Å². The Kier molecular flexibility index (Phi) is 7.51. The van der Waals surface area contributed by atoms with Crippen molar-refractivity contribution in [1.29, 1.82) is 0 Å². The van der Waals surface area contributed by atoms with Gasteiger partial charge in [0, 0.05) is 18.7 Å². The van der Waals surface area contributed by atoms with Gasteiger partial charge in [0.1, 0.15) is 0 Å². The van der Waals surface area contributed by atoms with Crippen LogP contribution in [-0.2, 0) is 14.6 Å². The van der Waals surface area contributed by atoms with Crippen molar-refractivity contribution in [3.05, 3.63) is 53.1 Å². The third-order valence-electron chi connectivity index (χ3n) is 5.59. The van der Waals surface area contributed by atoms with Gasteiger partial charge in [-0.15, -0.1) is 0 Å². The second-order valence-electron chi connectivity index (χ2n) is 8.24. The molecule has 3 rings (SSSR count). The van der Waals surface area contributed by atoms with Crippen molar-refractivity contribution < 1.29 is 41.4 Å². The highest BCUT2D eigenvalue weighted by atomic mass is 35.5. The summed E-state index contributed by atoms with van der Waals surface area (Å²) in [6, 6.07) is 8.12. The smallest absolute Gasteiger partial charge is 0.391 e. The molecule has 1 fully saturated rings. The summed E-state index contributed by atoms with van der Waals surface area (Å²) in [6.07, 6.45) is -4.59. The van der Waals surface area contributed by atoms with Gasteiger partial charge in [0.05, 0.1) is 26.6 Å². The molecule has 0 radical (unpaired) electrons. The fourth-order valence-corrected chi connectivity index (χ4v) is 4.95. The lowest BCUT2D eigenvalue weighted by atomic mass is 10.1. The Morgan fingerprint density at radius 1 is 1.11 bits per heavy atom. The first kappa shape index (κ1) is 26.9. The molecule has 1 unspecified atom stereocenters. The Morgan fingerprint density at radius 3 is 2.26 bits per heavy atom. The molecule has 2 aromatic carbocycles. The number of β-amino-alcohol motifs (C(OH)–C–C–N with tert-alkyl or cyclic N) is 1. The van der Waals surface area contributed by atoms with Crippen LogP contribution in [0.15, 0.2) is 52.3 Å². The summed E-state index contributed by atoms with van der Waals surface area (Å²) in [5, 5.41) is 20.7. The second-order valence-corrected chi connectivity index (χ2v) is 10.6. The average Bonchev–Trinajstić information content (AvgIpc) is 2.79. The summed E-state index contributed by atoms with van der Waals surface area (Å²) in [5.41, 5.74) is -3.78. The average molecular weight is 535 g/mol. The van der Waals surface area contributed by atoms with Crippen molar-refractivity contribution in [1.82, 2.24) is 4.90 Å². The Morgan fingerprint density at radius 2 is 1.71 bits per heavy atom. The first-order chi connectivity index (χ1) is 16.1. The number of anilines is 1. The summed E-state index contributed by atoms with van der Waals surface area (Å²) in [7, 11) is -4.13. The van der Waals surface area contributed by atoms with E-state index in [0.29, 0.717) is 19.4 Å². The maximum atomic E-state index is 13.0. The quantitative estimate of drug-likeness (QED) is 0.542. The van der Waals surface area contributed by atoms with E-state index in [9.17, 15) is 41.4 Å². The molecule has 2 aromatic rings. The van der Waals surface area contributed by atoms with Crippen molar-refractivity contribution in [2.75, 3.05) is 18.4 Å². The number of piperidine rings is 1. The molecule has 0 spiro atoms. The number of likely N-dealkylation sites (tertiary alicyclic amines) is 1. The molecule has 13 heteroatoms. The van der Waals surface area contributed by atoms with E-state index in [-0.39, 0.29) is 45.4 Å². The van der Waals surface area contributed by atoms with Crippen molar-refractivity contribution >= 4 is 38.9 Å². The number of rotatable bonds is 5. The lowest BCUT2D eigenvalue weighted by Gasteiger charge is -2.30. The molecule has 190 valence electrons. The predicted molar refractivity (Wildman–Crippen MR) is 120 cm³/mol. The number of benzene rings is 2. The van der Waals surface area contributed by atoms with Crippen molar-refractivity contribution in [2.45, 2.75) is 47.4 Å². The van der Waals surface area contributed by atoms with E-state index < -0.39 is 33.6 Å². The van der Waals surface area contributed by atoms with E-state index in [0.717, 1.165) is 18.2 Å². The van der Waals surface area contributed by atoms with Gasteiger partial charge in [-0.2, -0.15) is 13.2 Å². The van der Waals surface area contributed by atoms with Crippen LogP contribution in [0.25, 0.3) is 0 Å². The van der Waals surface area contributed by atoms with E-state index in [1.54, 1.807) is 0 Å². The summed E-state index contributed by atoms with van der Waals surface area (Å²) >= 11 is 5.98. The van der Waals surface area contributed by atoms with Crippen LogP contribution in [0.1, 0.15) is 30.1 Å². The third-order valence-corrected chi connectivity index (χ3v) is 7.67. The molecular formula is C22H22ClF3N2O6S. The van der Waals surface area contributed by atoms with Crippen molar-refractivity contribution in [3.63, 3.8) is 0 Å². The van der Waals surface area contributed by atoms with Gasteiger partial charge in [-0.3, -0.25) is 9.59 Å². The molecule has 0 aromatic heterocycles. The highest BCUT2D eigenvalue weighted by Gasteiger charge is 2.55. The number of nitrogens with one attached hydrogen (secondary N) is 1. The van der Waals surface area contributed by atoms with Gasteiger partial charge in [0.25, 0.3) is 11.8 Å². The van der Waals surface area contributed by atoms with E-state index in [1.807, 2.05) is 5.32 Å². The molecule has 1 saturated heterocycles. The molecule has 35 heavy (non-hydrogen) atoms. The largest absolute Gasteiger partial charge is 0.426 e. The van der Waals surface area contributed by atoms with E-state index in [1.165, 1.54) is 29.2 Å². The lowest BCUT2D eigenvalue weighted by Crippen LogP contribution is -2.52. The minimum absolute atomic E-state index is 0.166. The molecular weight excluding hydrogens is 513 g/mol. The standard InChI is InChI=1S/C22H22ClF3N2O6S/c1-21(32,22(24,25)26)20(31)27-18-9-8-16(11-17(18)23)35(33,34)15-6-4-13(5-7-15)19(30)28-10-2-3-14(29)12-28/h4-9,11,14,29,32H,2-3,10,12H2,1H3,(H,27,31)/t14?,21-/m1/s1. The molecule has 0 saturated carbocycles. The number of carbonyl (C=O) groups excluding carboxylic acids is 2. The molecule has 2 amide bonds. The number of aliphatic hydroxyl groups is 2. The van der Waals surface area contributed by atoms with Crippen LogP contribution < -0.4 is 5.32 Å². The SMILES string of the molecule is C[C@@](O)(C(=O)Nc1ccc(S(=O)(=O)c2ccc(C(=O)N3CCCC(O)C3)cc2)cc1Cl)C(F)(F)F. The maximum absolute atomic E-state index is 13.0. The van der Waals surface area contributed by atoms with E-state index in [2.05, 4.69) is 0 Å². The topological polar surface area (TPSA) is 124 Å². The molecule has 1 aliphatic heterocycles. The first-order valence-electron chi connectivity index (χ1n) is 10.4. The molecule has 8 nitrogen and oxygen atoms in total. The summed E-state index contributed by atoms with van der Waals surface area (Å²) in [6.45, 7) is 0.950. The molecule has 2 atom stereocenters. The van der Waals surface area contributed by atoms with Gasteiger partial charge in [-0.05, 0) is 62.2 Å². The fourth-order valence-electron chi connectivity index (χ4n) is 3.37. The van der Waals surface area contributed by atoms with Crippen LogP contribution in [0, 0.1) is 0 Å². The molecule has 1 aliphatic rings. The van der Waals surface area contributed by atoms with Gasteiger partial charge in [-0.25, -0.2) is 8.42 Å². The van der Waals surface area contributed by atoms with Gasteiger partial charge in [0.2, 0.25) is 15.4 Å². The number of alkyl halides is 3. The van der Waals surface area contributed by atoms with Crippen LogP contribution >= 0.6 is 11.6 Å². The zero-order valence-corrected chi connectivity index (χ0v) is 19.9. The van der Waals surface area contributed by atoms with Crippen LogP contribution in [0.5, 0.6) is 0 Å².